The topological polar surface area (TPSA) is 104 Å². The van der Waals surface area contributed by atoms with Crippen LogP contribution in [0.25, 0.3) is 22.2 Å². The van der Waals surface area contributed by atoms with E-state index in [9.17, 15) is 12.8 Å². The summed E-state index contributed by atoms with van der Waals surface area (Å²) in [6.45, 7) is 1.70. The predicted octanol–water partition coefficient (Wildman–Crippen LogP) is 4.41. The van der Waals surface area contributed by atoms with Gasteiger partial charge in [0.2, 0.25) is 15.8 Å². The average Bonchev–Trinajstić information content (AvgIpc) is 3.45. The molecule has 0 unspecified atom stereocenters. The first-order valence-electron chi connectivity index (χ1n) is 9.71. The van der Waals surface area contributed by atoms with Gasteiger partial charge in [-0.05, 0) is 43.3 Å². The molecule has 4 aromatic rings. The molecular formula is C22H20FN3O5S2. The minimum Gasteiger partial charge on any atom is -0.497 e. The fourth-order valence-electron chi connectivity index (χ4n) is 3.18. The van der Waals surface area contributed by atoms with Gasteiger partial charge in [0.1, 0.15) is 17.3 Å². The molecule has 0 aliphatic heterocycles. The molecule has 8 nitrogen and oxygen atoms in total. The van der Waals surface area contributed by atoms with E-state index in [0.717, 1.165) is 0 Å². The van der Waals surface area contributed by atoms with Gasteiger partial charge < -0.3 is 14.0 Å². The second-order valence-electron chi connectivity index (χ2n) is 6.97. The second kappa shape index (κ2) is 9.30. The lowest BCUT2D eigenvalue weighted by molar-refractivity contribution is 0.398. The molecule has 0 atom stereocenters. The van der Waals surface area contributed by atoms with Gasteiger partial charge >= 0.3 is 0 Å². The number of rotatable bonds is 8. The molecule has 0 fully saturated rings. The van der Waals surface area contributed by atoms with Gasteiger partial charge in [-0.3, -0.25) is 0 Å². The summed E-state index contributed by atoms with van der Waals surface area (Å²) < 4.78 is 57.9. The van der Waals surface area contributed by atoms with Crippen molar-refractivity contribution in [3.8, 4) is 33.7 Å². The van der Waals surface area contributed by atoms with E-state index in [4.69, 9.17) is 14.0 Å². The second-order valence-corrected chi connectivity index (χ2v) is 9.96. The average molecular weight is 490 g/mol. The Kier molecular flexibility index (Phi) is 6.45. The van der Waals surface area contributed by atoms with Crippen LogP contribution in [0.15, 0.2) is 57.9 Å². The maximum Gasteiger partial charge on any atom is 0.268 e. The summed E-state index contributed by atoms with van der Waals surface area (Å²) in [4.78, 5) is 5.43. The Balaban J connectivity index is 1.57. The van der Waals surface area contributed by atoms with Gasteiger partial charge in [0.25, 0.3) is 5.89 Å². The highest BCUT2D eigenvalue weighted by molar-refractivity contribution is 7.89. The van der Waals surface area contributed by atoms with Gasteiger partial charge in [-0.1, -0.05) is 17.3 Å². The summed E-state index contributed by atoms with van der Waals surface area (Å²) in [5.74, 6) is 1.07. The Morgan fingerprint density at radius 3 is 2.67 bits per heavy atom. The van der Waals surface area contributed by atoms with Crippen molar-refractivity contribution < 1.29 is 26.8 Å². The zero-order valence-corrected chi connectivity index (χ0v) is 19.6. The molecular weight excluding hydrogens is 469 g/mol. The zero-order valence-electron chi connectivity index (χ0n) is 18.0. The van der Waals surface area contributed by atoms with E-state index in [1.165, 1.54) is 43.8 Å². The summed E-state index contributed by atoms with van der Waals surface area (Å²) in [5, 5.41) is 3.88. The largest absolute Gasteiger partial charge is 0.497 e. The molecule has 172 valence electrons. The van der Waals surface area contributed by atoms with Crippen LogP contribution in [0, 0.1) is 12.7 Å². The molecule has 0 spiro atoms. The van der Waals surface area contributed by atoms with Crippen molar-refractivity contribution in [1.29, 1.82) is 0 Å². The van der Waals surface area contributed by atoms with Crippen molar-refractivity contribution in [3.05, 3.63) is 64.8 Å². The Bertz CT molecular complexity index is 1400. The van der Waals surface area contributed by atoms with E-state index in [1.807, 2.05) is 0 Å². The van der Waals surface area contributed by atoms with Crippen LogP contribution in [-0.4, -0.2) is 32.8 Å². The molecule has 0 amide bonds. The van der Waals surface area contributed by atoms with Crippen LogP contribution in [0.2, 0.25) is 0 Å². The van der Waals surface area contributed by atoms with Crippen molar-refractivity contribution >= 4 is 21.4 Å². The van der Waals surface area contributed by atoms with Crippen LogP contribution in [0.4, 0.5) is 4.39 Å². The minimum atomic E-state index is -3.85. The fourth-order valence-corrected chi connectivity index (χ4v) is 5.69. The third-order valence-corrected chi connectivity index (χ3v) is 7.52. The SMILES string of the molecule is COc1ccc(OC)c(CNS(=O)(=O)c2cc(-c3nc(-c4cccc(F)c4)no3)sc2C)c1. The molecule has 0 bridgehead atoms. The summed E-state index contributed by atoms with van der Waals surface area (Å²) in [5.41, 5.74) is 1.09. The fraction of sp³-hybridized carbons (Fsp3) is 0.182. The van der Waals surface area contributed by atoms with Crippen molar-refractivity contribution in [3.63, 3.8) is 0 Å². The number of nitrogens with one attached hydrogen (secondary N) is 1. The monoisotopic (exact) mass is 489 g/mol. The standard InChI is InChI=1S/C22H20FN3O5S2/c1-13-20(33(27,28)24-12-15-10-17(29-2)7-8-18(15)30-3)11-19(32-13)22-25-21(26-31-22)14-5-4-6-16(23)9-14/h4-11,24H,12H2,1-3H3. The quantitative estimate of drug-likeness (QED) is 0.391. The molecule has 4 rings (SSSR count). The Labute approximate surface area is 194 Å². The molecule has 0 saturated heterocycles. The Morgan fingerprint density at radius 1 is 1.12 bits per heavy atom. The number of hydrogen-bond acceptors (Lipinski definition) is 8. The maximum atomic E-state index is 13.5. The number of hydrogen-bond donors (Lipinski definition) is 1. The van der Waals surface area contributed by atoms with Crippen LogP contribution >= 0.6 is 11.3 Å². The van der Waals surface area contributed by atoms with E-state index >= 15 is 0 Å². The summed E-state index contributed by atoms with van der Waals surface area (Å²) in [7, 11) is -0.805. The number of aromatic nitrogens is 2. The molecule has 0 aliphatic carbocycles. The van der Waals surface area contributed by atoms with Crippen molar-refractivity contribution in [2.45, 2.75) is 18.4 Å². The highest BCUT2D eigenvalue weighted by Crippen LogP contribution is 2.34. The highest BCUT2D eigenvalue weighted by Gasteiger charge is 2.23. The van der Waals surface area contributed by atoms with Crippen LogP contribution in [-0.2, 0) is 16.6 Å². The minimum absolute atomic E-state index is 0.0115. The lowest BCUT2D eigenvalue weighted by atomic mass is 10.2. The summed E-state index contributed by atoms with van der Waals surface area (Å²) in [6, 6.07) is 12.4. The first kappa shape index (κ1) is 22.9. The van der Waals surface area contributed by atoms with Gasteiger partial charge in [0.05, 0.1) is 24.0 Å². The molecule has 0 saturated carbocycles. The van der Waals surface area contributed by atoms with E-state index in [1.54, 1.807) is 37.3 Å². The zero-order chi connectivity index (χ0) is 23.6. The van der Waals surface area contributed by atoms with Crippen molar-refractivity contribution in [2.24, 2.45) is 0 Å². The number of ether oxygens (including phenoxy) is 2. The van der Waals surface area contributed by atoms with Gasteiger partial charge in [0, 0.05) is 22.5 Å². The highest BCUT2D eigenvalue weighted by atomic mass is 32.2. The first-order valence-corrected chi connectivity index (χ1v) is 12.0. The van der Waals surface area contributed by atoms with Crippen molar-refractivity contribution in [1.82, 2.24) is 14.9 Å². The van der Waals surface area contributed by atoms with Gasteiger partial charge in [-0.2, -0.15) is 4.98 Å². The predicted molar refractivity (Wildman–Crippen MR) is 121 cm³/mol. The molecule has 2 aromatic heterocycles. The smallest absolute Gasteiger partial charge is 0.268 e. The van der Waals surface area contributed by atoms with Gasteiger partial charge in [-0.15, -0.1) is 11.3 Å². The third kappa shape index (κ3) is 4.90. The number of halogens is 1. The lowest BCUT2D eigenvalue weighted by Gasteiger charge is -2.11. The van der Waals surface area contributed by atoms with E-state index in [-0.39, 0.29) is 23.2 Å². The molecule has 0 aliphatic rings. The van der Waals surface area contributed by atoms with E-state index in [2.05, 4.69) is 14.9 Å². The van der Waals surface area contributed by atoms with Crippen LogP contribution in [0.3, 0.4) is 0 Å². The van der Waals surface area contributed by atoms with Crippen LogP contribution < -0.4 is 14.2 Å². The van der Waals surface area contributed by atoms with E-state index in [0.29, 0.717) is 32.4 Å². The number of benzene rings is 2. The van der Waals surface area contributed by atoms with Gasteiger partial charge in [0.15, 0.2) is 0 Å². The van der Waals surface area contributed by atoms with Crippen LogP contribution in [0.1, 0.15) is 10.4 Å². The van der Waals surface area contributed by atoms with Crippen LogP contribution in [0.5, 0.6) is 11.5 Å². The number of aryl methyl sites for hydroxylation is 1. The number of sulfonamides is 1. The Hall–Kier alpha value is -3.28. The third-order valence-electron chi connectivity index (χ3n) is 4.82. The molecule has 33 heavy (non-hydrogen) atoms. The summed E-state index contributed by atoms with van der Waals surface area (Å²) >= 11 is 1.21. The normalized spacial score (nSPS) is 11.5. The molecule has 1 N–H and O–H groups in total. The lowest BCUT2D eigenvalue weighted by Crippen LogP contribution is -2.23. The molecule has 0 radical (unpaired) electrons. The van der Waals surface area contributed by atoms with Crippen molar-refractivity contribution in [2.75, 3.05) is 14.2 Å². The maximum absolute atomic E-state index is 13.5. The van der Waals surface area contributed by atoms with E-state index < -0.39 is 15.8 Å². The number of thiophene rings is 1. The molecule has 11 heteroatoms. The number of methoxy groups -OCH3 is 2. The summed E-state index contributed by atoms with van der Waals surface area (Å²) in [6.07, 6.45) is 0. The van der Waals surface area contributed by atoms with Gasteiger partial charge in [-0.25, -0.2) is 17.5 Å². The molecule has 2 heterocycles. The number of nitrogens with zero attached hydrogens (tertiary/aromatic N) is 2. The Morgan fingerprint density at radius 2 is 1.94 bits per heavy atom. The first-order chi connectivity index (χ1) is 15.8. The molecule has 2 aromatic carbocycles.